The second-order valence-electron chi connectivity index (χ2n) is 8.30. The summed E-state index contributed by atoms with van der Waals surface area (Å²) in [5.74, 6) is 0.574. The molecule has 33 heavy (non-hydrogen) atoms. The summed E-state index contributed by atoms with van der Waals surface area (Å²) in [4.78, 5) is 27.6. The zero-order valence-corrected chi connectivity index (χ0v) is 18.6. The van der Waals surface area contributed by atoms with Crippen LogP contribution in [0.2, 0.25) is 0 Å². The van der Waals surface area contributed by atoms with Crippen molar-refractivity contribution < 1.29 is 14.5 Å². The fourth-order valence-corrected chi connectivity index (χ4v) is 3.99. The highest BCUT2D eigenvalue weighted by Crippen LogP contribution is 2.19. The fraction of sp³-hybridized carbons (Fsp3) is 0.269. The molecule has 3 aromatic rings. The topological polar surface area (TPSA) is 75.9 Å². The number of non-ortho nitro benzene ring substituents is 1. The van der Waals surface area contributed by atoms with Crippen molar-refractivity contribution in [3.8, 4) is 5.75 Å². The molecule has 0 spiro atoms. The Balaban J connectivity index is 1.30. The smallest absolute Gasteiger partial charge is 0.269 e. The standard InChI is InChI=1S/C26H27N3O4/c1-20-4-2-5-21(16-20)18-27-12-14-28(15-13-27)26(30)23-7-3-6-22(17-23)19-33-25-10-8-24(9-11-25)29(31)32/h2-11,16-17H,12-15,18-19H2,1H3. The van der Waals surface area contributed by atoms with Crippen LogP contribution in [0.15, 0.2) is 72.8 Å². The van der Waals surface area contributed by atoms with E-state index >= 15 is 0 Å². The van der Waals surface area contributed by atoms with E-state index in [4.69, 9.17) is 4.74 Å². The van der Waals surface area contributed by atoms with E-state index in [2.05, 4.69) is 36.1 Å². The van der Waals surface area contributed by atoms with Crippen molar-refractivity contribution in [2.24, 2.45) is 0 Å². The molecule has 0 radical (unpaired) electrons. The van der Waals surface area contributed by atoms with E-state index in [0.29, 0.717) is 24.4 Å². The van der Waals surface area contributed by atoms with E-state index in [1.54, 1.807) is 12.1 Å². The average Bonchev–Trinajstić information content (AvgIpc) is 2.83. The lowest BCUT2D eigenvalue weighted by molar-refractivity contribution is -0.384. The molecule has 170 valence electrons. The van der Waals surface area contributed by atoms with Gasteiger partial charge in [0, 0.05) is 50.4 Å². The van der Waals surface area contributed by atoms with E-state index in [1.807, 2.05) is 29.2 Å². The Labute approximate surface area is 193 Å². The molecule has 1 amide bonds. The van der Waals surface area contributed by atoms with Gasteiger partial charge in [-0.1, -0.05) is 42.0 Å². The van der Waals surface area contributed by atoms with Crippen molar-refractivity contribution in [3.63, 3.8) is 0 Å². The molecule has 0 N–H and O–H groups in total. The maximum absolute atomic E-state index is 13.0. The number of piperazine rings is 1. The van der Waals surface area contributed by atoms with Crippen LogP contribution >= 0.6 is 0 Å². The van der Waals surface area contributed by atoms with Gasteiger partial charge in [-0.15, -0.1) is 0 Å². The largest absolute Gasteiger partial charge is 0.489 e. The van der Waals surface area contributed by atoms with Gasteiger partial charge in [0.1, 0.15) is 12.4 Å². The third-order valence-corrected chi connectivity index (χ3v) is 5.78. The number of nitrogens with zero attached hydrogens (tertiary/aromatic N) is 3. The average molecular weight is 446 g/mol. The minimum atomic E-state index is -0.443. The highest BCUT2D eigenvalue weighted by atomic mass is 16.6. The van der Waals surface area contributed by atoms with E-state index in [0.717, 1.165) is 25.2 Å². The zero-order valence-electron chi connectivity index (χ0n) is 18.6. The van der Waals surface area contributed by atoms with Gasteiger partial charge in [-0.25, -0.2) is 0 Å². The maximum Gasteiger partial charge on any atom is 0.269 e. The first-order chi connectivity index (χ1) is 16.0. The van der Waals surface area contributed by atoms with Gasteiger partial charge in [-0.3, -0.25) is 19.8 Å². The predicted molar refractivity (Wildman–Crippen MR) is 126 cm³/mol. The number of hydrogen-bond acceptors (Lipinski definition) is 5. The van der Waals surface area contributed by atoms with Gasteiger partial charge in [0.15, 0.2) is 0 Å². The summed E-state index contributed by atoms with van der Waals surface area (Å²) in [6, 6.07) is 22.0. The molecule has 0 aromatic heterocycles. The van der Waals surface area contributed by atoms with Gasteiger partial charge in [0.2, 0.25) is 0 Å². The second-order valence-corrected chi connectivity index (χ2v) is 8.30. The Morgan fingerprint density at radius 2 is 1.64 bits per heavy atom. The summed E-state index contributed by atoms with van der Waals surface area (Å²) in [7, 11) is 0. The SMILES string of the molecule is Cc1cccc(CN2CCN(C(=O)c3cccc(COc4ccc([N+](=O)[O-])cc4)c3)CC2)c1. The normalized spacial score (nSPS) is 14.2. The molecule has 0 saturated carbocycles. The number of amides is 1. The third kappa shape index (κ3) is 5.96. The van der Waals surface area contributed by atoms with Crippen LogP contribution in [0.1, 0.15) is 27.0 Å². The zero-order chi connectivity index (χ0) is 23.2. The highest BCUT2D eigenvalue weighted by molar-refractivity contribution is 5.94. The summed E-state index contributed by atoms with van der Waals surface area (Å²) in [5, 5.41) is 10.8. The Morgan fingerprint density at radius 3 is 2.33 bits per heavy atom. The number of nitro groups is 1. The molecular formula is C26H27N3O4. The van der Waals surface area contributed by atoms with Crippen molar-refractivity contribution in [1.82, 2.24) is 9.80 Å². The molecule has 0 aliphatic carbocycles. The van der Waals surface area contributed by atoms with Crippen molar-refractivity contribution in [2.45, 2.75) is 20.1 Å². The number of carbonyl (C=O) groups excluding carboxylic acids is 1. The van der Waals surface area contributed by atoms with Gasteiger partial charge in [-0.2, -0.15) is 0 Å². The summed E-state index contributed by atoms with van der Waals surface area (Å²) in [6.07, 6.45) is 0. The van der Waals surface area contributed by atoms with Gasteiger partial charge >= 0.3 is 0 Å². The number of hydrogen-bond donors (Lipinski definition) is 0. The molecule has 1 heterocycles. The minimum Gasteiger partial charge on any atom is -0.489 e. The van der Waals surface area contributed by atoms with E-state index in [1.165, 1.54) is 23.3 Å². The number of benzene rings is 3. The van der Waals surface area contributed by atoms with Gasteiger partial charge < -0.3 is 9.64 Å². The van der Waals surface area contributed by atoms with Crippen LogP contribution in [0, 0.1) is 17.0 Å². The van der Waals surface area contributed by atoms with Crippen LogP contribution in [-0.4, -0.2) is 46.8 Å². The van der Waals surface area contributed by atoms with E-state index in [9.17, 15) is 14.9 Å². The number of carbonyl (C=O) groups is 1. The fourth-order valence-electron chi connectivity index (χ4n) is 3.99. The van der Waals surface area contributed by atoms with Gasteiger partial charge in [0.25, 0.3) is 11.6 Å². The van der Waals surface area contributed by atoms with Crippen LogP contribution in [0.25, 0.3) is 0 Å². The Kier molecular flexibility index (Phi) is 7.00. The van der Waals surface area contributed by atoms with Crippen LogP contribution in [0.5, 0.6) is 5.75 Å². The van der Waals surface area contributed by atoms with Crippen LogP contribution in [0.4, 0.5) is 5.69 Å². The summed E-state index contributed by atoms with van der Waals surface area (Å²) >= 11 is 0. The Hall–Kier alpha value is -3.71. The van der Waals surface area contributed by atoms with Crippen LogP contribution in [-0.2, 0) is 13.2 Å². The molecular weight excluding hydrogens is 418 g/mol. The van der Waals surface area contributed by atoms with Crippen molar-refractivity contribution in [3.05, 3.63) is 105 Å². The lowest BCUT2D eigenvalue weighted by Gasteiger charge is -2.35. The van der Waals surface area contributed by atoms with Crippen molar-refractivity contribution in [1.29, 1.82) is 0 Å². The van der Waals surface area contributed by atoms with Crippen LogP contribution < -0.4 is 4.74 Å². The molecule has 3 aromatic carbocycles. The van der Waals surface area contributed by atoms with Crippen LogP contribution in [0.3, 0.4) is 0 Å². The van der Waals surface area contributed by atoms with Crippen molar-refractivity contribution >= 4 is 11.6 Å². The van der Waals surface area contributed by atoms with E-state index < -0.39 is 4.92 Å². The molecule has 1 saturated heterocycles. The Bertz CT molecular complexity index is 1120. The maximum atomic E-state index is 13.0. The number of ether oxygens (including phenoxy) is 1. The lowest BCUT2D eigenvalue weighted by Crippen LogP contribution is -2.48. The van der Waals surface area contributed by atoms with Gasteiger partial charge in [-0.05, 0) is 42.3 Å². The number of nitro benzene ring substituents is 1. The monoisotopic (exact) mass is 445 g/mol. The molecule has 7 heteroatoms. The Morgan fingerprint density at radius 1 is 0.939 bits per heavy atom. The molecule has 7 nitrogen and oxygen atoms in total. The predicted octanol–water partition coefficient (Wildman–Crippen LogP) is 4.44. The minimum absolute atomic E-state index is 0.0222. The first-order valence-electron chi connectivity index (χ1n) is 11.0. The third-order valence-electron chi connectivity index (χ3n) is 5.78. The van der Waals surface area contributed by atoms with Crippen molar-refractivity contribution in [2.75, 3.05) is 26.2 Å². The summed E-state index contributed by atoms with van der Waals surface area (Å²) in [6.45, 7) is 6.39. The molecule has 1 aliphatic heterocycles. The molecule has 1 aliphatic rings. The molecule has 1 fully saturated rings. The number of rotatable bonds is 7. The molecule has 0 unspecified atom stereocenters. The molecule has 0 atom stereocenters. The lowest BCUT2D eigenvalue weighted by atomic mass is 10.1. The first-order valence-corrected chi connectivity index (χ1v) is 11.0. The second kappa shape index (κ2) is 10.3. The quantitative estimate of drug-likeness (QED) is 0.397. The number of aryl methyl sites for hydroxylation is 1. The first kappa shape index (κ1) is 22.5. The summed E-state index contributed by atoms with van der Waals surface area (Å²) < 4.78 is 5.73. The molecule has 4 rings (SSSR count). The van der Waals surface area contributed by atoms with E-state index in [-0.39, 0.29) is 18.2 Å². The summed E-state index contributed by atoms with van der Waals surface area (Å²) in [5.41, 5.74) is 4.10. The molecule has 0 bridgehead atoms. The highest BCUT2D eigenvalue weighted by Gasteiger charge is 2.22. The van der Waals surface area contributed by atoms with Gasteiger partial charge in [0.05, 0.1) is 4.92 Å².